The molecule has 2 aromatic rings. The van der Waals surface area contributed by atoms with Gasteiger partial charge in [-0.25, -0.2) is 0 Å². The highest BCUT2D eigenvalue weighted by atomic mass is 28.3. The molecule has 1 atom stereocenters. The topological polar surface area (TPSA) is 20.2 Å². The molecule has 0 aliphatic rings. The summed E-state index contributed by atoms with van der Waals surface area (Å²) >= 11 is 0. The van der Waals surface area contributed by atoms with E-state index >= 15 is 0 Å². The van der Waals surface area contributed by atoms with E-state index in [1.165, 1.54) is 5.56 Å². The first kappa shape index (κ1) is 14.0. The lowest BCUT2D eigenvalue weighted by Crippen LogP contribution is -2.50. The molecule has 2 rings (SSSR count). The van der Waals surface area contributed by atoms with Crippen molar-refractivity contribution in [3.05, 3.63) is 71.3 Å². The van der Waals surface area contributed by atoms with Crippen molar-refractivity contribution >= 4 is 8.07 Å². The predicted molar refractivity (Wildman–Crippen MR) is 84.0 cm³/mol. The van der Waals surface area contributed by atoms with Gasteiger partial charge < -0.3 is 5.11 Å². The molecule has 0 spiro atoms. The molecule has 0 bridgehead atoms. The molecule has 2 heteroatoms. The minimum absolute atomic E-state index is 0.845. The predicted octanol–water partition coefficient (Wildman–Crippen LogP) is 4.11. The van der Waals surface area contributed by atoms with Gasteiger partial charge >= 0.3 is 0 Å². The standard InChI is InChI=1S/C17H22OSi/c1-14-10-12-16(13-11-14)17(18,19(2,3)4)15-8-6-5-7-9-15/h5-13,18H,1-4H3. The highest BCUT2D eigenvalue weighted by Gasteiger charge is 2.44. The van der Waals surface area contributed by atoms with Crippen LogP contribution in [0.3, 0.4) is 0 Å². The fourth-order valence-electron chi connectivity index (χ4n) is 2.51. The van der Waals surface area contributed by atoms with Gasteiger partial charge in [0.1, 0.15) is 5.22 Å². The van der Waals surface area contributed by atoms with Gasteiger partial charge in [0.2, 0.25) is 0 Å². The fourth-order valence-corrected chi connectivity index (χ4v) is 4.57. The number of hydrogen-bond acceptors (Lipinski definition) is 1. The Bertz CT molecular complexity index is 540. The van der Waals surface area contributed by atoms with Gasteiger partial charge in [-0.2, -0.15) is 0 Å². The quantitative estimate of drug-likeness (QED) is 0.832. The molecular formula is C17H22OSi. The average Bonchev–Trinajstić information content (AvgIpc) is 2.38. The minimum Gasteiger partial charge on any atom is -0.384 e. The zero-order chi connectivity index (χ0) is 14.1. The van der Waals surface area contributed by atoms with Gasteiger partial charge in [0.05, 0.1) is 8.07 Å². The van der Waals surface area contributed by atoms with Crippen LogP contribution in [0.15, 0.2) is 54.6 Å². The number of aryl methyl sites for hydroxylation is 1. The normalized spacial score (nSPS) is 15.0. The van der Waals surface area contributed by atoms with Crippen molar-refractivity contribution in [3.8, 4) is 0 Å². The first-order chi connectivity index (χ1) is 8.85. The van der Waals surface area contributed by atoms with E-state index in [9.17, 15) is 5.11 Å². The van der Waals surface area contributed by atoms with Gasteiger partial charge in [0.15, 0.2) is 0 Å². The smallest absolute Gasteiger partial charge is 0.102 e. The maximum atomic E-state index is 11.4. The fraction of sp³-hybridized carbons (Fsp3) is 0.294. The Kier molecular flexibility index (Phi) is 3.66. The monoisotopic (exact) mass is 270 g/mol. The van der Waals surface area contributed by atoms with Crippen molar-refractivity contribution < 1.29 is 5.11 Å². The van der Waals surface area contributed by atoms with E-state index in [0.29, 0.717) is 0 Å². The Labute approximate surface area is 116 Å². The highest BCUT2D eigenvalue weighted by molar-refractivity contribution is 6.79. The van der Waals surface area contributed by atoms with Crippen LogP contribution in [-0.4, -0.2) is 13.2 Å². The molecule has 100 valence electrons. The van der Waals surface area contributed by atoms with Crippen LogP contribution in [0.1, 0.15) is 16.7 Å². The van der Waals surface area contributed by atoms with Crippen molar-refractivity contribution in [1.82, 2.24) is 0 Å². The van der Waals surface area contributed by atoms with E-state index in [0.717, 1.165) is 11.1 Å². The van der Waals surface area contributed by atoms with Crippen LogP contribution in [0.5, 0.6) is 0 Å². The molecule has 0 saturated carbocycles. The summed E-state index contributed by atoms with van der Waals surface area (Å²) in [5, 5.41) is 10.6. The summed E-state index contributed by atoms with van der Waals surface area (Å²) in [5.41, 5.74) is 3.22. The first-order valence-corrected chi connectivity index (χ1v) is 10.2. The van der Waals surface area contributed by atoms with E-state index in [2.05, 4.69) is 50.8 Å². The summed E-state index contributed by atoms with van der Waals surface area (Å²) in [7, 11) is -1.85. The maximum absolute atomic E-state index is 11.4. The summed E-state index contributed by atoms with van der Waals surface area (Å²) < 4.78 is 0. The second-order valence-corrected chi connectivity index (χ2v) is 11.4. The molecule has 0 heterocycles. The summed E-state index contributed by atoms with van der Waals surface area (Å²) in [6, 6.07) is 18.3. The van der Waals surface area contributed by atoms with Crippen molar-refractivity contribution in [2.75, 3.05) is 0 Å². The maximum Gasteiger partial charge on any atom is 0.102 e. The Balaban J connectivity index is 2.63. The van der Waals surface area contributed by atoms with Gasteiger partial charge in [-0.1, -0.05) is 79.8 Å². The second kappa shape index (κ2) is 4.95. The summed E-state index contributed by atoms with van der Waals surface area (Å²) in [4.78, 5) is 0. The highest BCUT2D eigenvalue weighted by Crippen LogP contribution is 2.38. The molecule has 0 fully saturated rings. The lowest BCUT2D eigenvalue weighted by molar-refractivity contribution is 0.159. The second-order valence-electron chi connectivity index (χ2n) is 6.19. The summed E-state index contributed by atoms with van der Waals surface area (Å²) in [5.74, 6) is 0. The van der Waals surface area contributed by atoms with Crippen LogP contribution >= 0.6 is 0 Å². The number of aliphatic hydroxyl groups is 1. The molecule has 1 unspecified atom stereocenters. The molecule has 1 N–H and O–H groups in total. The van der Waals surface area contributed by atoms with E-state index in [4.69, 9.17) is 0 Å². The largest absolute Gasteiger partial charge is 0.384 e. The molecule has 19 heavy (non-hydrogen) atoms. The van der Waals surface area contributed by atoms with Crippen LogP contribution in [0, 0.1) is 6.92 Å². The van der Waals surface area contributed by atoms with Gasteiger partial charge in [-0.15, -0.1) is 0 Å². The molecule has 1 nitrogen and oxygen atoms in total. The van der Waals surface area contributed by atoms with Crippen LogP contribution in [0.4, 0.5) is 0 Å². The lowest BCUT2D eigenvalue weighted by Gasteiger charge is -2.40. The van der Waals surface area contributed by atoms with Gasteiger partial charge in [-0.05, 0) is 18.1 Å². The average molecular weight is 270 g/mol. The molecule has 0 aliphatic heterocycles. The van der Waals surface area contributed by atoms with E-state index in [1.807, 2.05) is 30.3 Å². The van der Waals surface area contributed by atoms with Crippen molar-refractivity contribution in [2.45, 2.75) is 31.8 Å². The lowest BCUT2D eigenvalue weighted by atomic mass is 9.99. The van der Waals surface area contributed by atoms with Crippen LogP contribution < -0.4 is 0 Å². The number of hydrogen-bond donors (Lipinski definition) is 1. The third-order valence-corrected chi connectivity index (χ3v) is 6.49. The minimum atomic E-state index is -1.85. The number of rotatable bonds is 3. The van der Waals surface area contributed by atoms with Crippen LogP contribution in [0.25, 0.3) is 0 Å². The zero-order valence-corrected chi connectivity index (χ0v) is 13.1. The van der Waals surface area contributed by atoms with Crippen molar-refractivity contribution in [1.29, 1.82) is 0 Å². The Morgan fingerprint density at radius 1 is 0.789 bits per heavy atom. The third-order valence-electron chi connectivity index (χ3n) is 3.75. The summed E-state index contributed by atoms with van der Waals surface area (Å²) in [6.07, 6.45) is 0. The van der Waals surface area contributed by atoms with E-state index in [1.54, 1.807) is 0 Å². The molecule has 0 saturated heterocycles. The zero-order valence-electron chi connectivity index (χ0n) is 12.1. The van der Waals surface area contributed by atoms with Crippen molar-refractivity contribution in [2.24, 2.45) is 0 Å². The SMILES string of the molecule is Cc1ccc(C(O)(c2ccccc2)[Si](C)(C)C)cc1. The van der Waals surface area contributed by atoms with E-state index in [-0.39, 0.29) is 0 Å². The molecular weight excluding hydrogens is 248 g/mol. The molecule has 0 radical (unpaired) electrons. The molecule has 0 aliphatic carbocycles. The third kappa shape index (κ3) is 2.51. The first-order valence-electron chi connectivity index (χ1n) is 6.71. The van der Waals surface area contributed by atoms with Gasteiger partial charge in [0, 0.05) is 0 Å². The van der Waals surface area contributed by atoms with Gasteiger partial charge in [-0.3, -0.25) is 0 Å². The van der Waals surface area contributed by atoms with Gasteiger partial charge in [0.25, 0.3) is 0 Å². The van der Waals surface area contributed by atoms with Crippen LogP contribution in [0.2, 0.25) is 19.6 Å². The number of benzene rings is 2. The molecule has 0 amide bonds. The Morgan fingerprint density at radius 3 is 1.74 bits per heavy atom. The van der Waals surface area contributed by atoms with Crippen molar-refractivity contribution in [3.63, 3.8) is 0 Å². The van der Waals surface area contributed by atoms with E-state index < -0.39 is 13.3 Å². The Morgan fingerprint density at radius 2 is 1.26 bits per heavy atom. The molecule has 0 aromatic heterocycles. The summed E-state index contributed by atoms with van der Waals surface area (Å²) in [6.45, 7) is 8.69. The van der Waals surface area contributed by atoms with Crippen LogP contribution in [-0.2, 0) is 5.22 Å². The molecule has 2 aromatic carbocycles. The Hall–Kier alpha value is -1.38.